The average molecular weight is 806 g/mol. The number of Topliss-reactive ketones (excluding diaryl/α,β-unsaturated/α-hetero) is 1. The van der Waals surface area contributed by atoms with Crippen molar-refractivity contribution in [2.75, 3.05) is 17.3 Å². The van der Waals surface area contributed by atoms with Gasteiger partial charge in [-0.2, -0.15) is 0 Å². The average Bonchev–Trinajstić information content (AvgIpc) is 3.49. The van der Waals surface area contributed by atoms with Crippen molar-refractivity contribution in [3.05, 3.63) is 166 Å². The van der Waals surface area contributed by atoms with Gasteiger partial charge in [-0.3, -0.25) is 24.1 Å². The van der Waals surface area contributed by atoms with E-state index in [0.29, 0.717) is 38.8 Å². The van der Waals surface area contributed by atoms with Crippen LogP contribution in [0.1, 0.15) is 35.4 Å². The first-order valence-electron chi connectivity index (χ1n) is 18.7. The third-order valence-corrected chi connectivity index (χ3v) is 12.8. The molecule has 6 atom stereocenters. The Bertz CT molecular complexity index is 2470. The minimum atomic E-state index is -1.40. The molecule has 0 spiro atoms. The number of anilines is 3. The van der Waals surface area contributed by atoms with E-state index in [4.69, 9.17) is 4.74 Å². The Morgan fingerprint density at radius 3 is 2.11 bits per heavy atom. The lowest BCUT2D eigenvalue weighted by Gasteiger charge is -2.55. The lowest BCUT2D eigenvalue weighted by atomic mass is 9.44. The lowest BCUT2D eigenvalue weighted by molar-refractivity contribution is -0.135. The number of phenolic OH excluding ortho intramolecular Hbond substituents is 1. The summed E-state index contributed by atoms with van der Waals surface area (Å²) in [4.78, 5) is 60.9. The second-order valence-electron chi connectivity index (χ2n) is 14.9. The number of carbonyl (C=O) groups excluding carboxylic acids is 4. The van der Waals surface area contributed by atoms with Crippen molar-refractivity contribution in [2.45, 2.75) is 24.2 Å². The van der Waals surface area contributed by atoms with Crippen molar-refractivity contribution in [1.82, 2.24) is 0 Å². The van der Waals surface area contributed by atoms with Gasteiger partial charge in [-0.1, -0.05) is 90.5 Å². The van der Waals surface area contributed by atoms with Crippen LogP contribution in [0, 0.1) is 23.7 Å². The van der Waals surface area contributed by atoms with Crippen LogP contribution in [-0.4, -0.2) is 35.6 Å². The van der Waals surface area contributed by atoms with E-state index in [1.165, 1.54) is 18.1 Å². The van der Waals surface area contributed by atoms with Gasteiger partial charge in [0.25, 0.3) is 0 Å². The van der Waals surface area contributed by atoms with Gasteiger partial charge in [0.1, 0.15) is 0 Å². The number of hydrogen-bond donors (Lipinski definition) is 2. The zero-order chi connectivity index (χ0) is 38.7. The van der Waals surface area contributed by atoms with Crippen molar-refractivity contribution in [2.24, 2.45) is 23.7 Å². The molecule has 2 N–H and O–H groups in total. The Morgan fingerprint density at radius 1 is 0.786 bits per heavy atom. The third kappa shape index (κ3) is 5.47. The summed E-state index contributed by atoms with van der Waals surface area (Å²) in [6, 6.07) is 39.1. The number of amides is 2. The number of fused-ring (bicyclic) bond motifs is 4. The Balaban J connectivity index is 1.19. The smallest absolute Gasteiger partial charge is 0.238 e. The van der Waals surface area contributed by atoms with Gasteiger partial charge in [0.05, 0.1) is 34.5 Å². The number of allylic oxidation sites excluding steroid dienone is 4. The highest BCUT2D eigenvalue weighted by atomic mass is 79.9. The summed E-state index contributed by atoms with van der Waals surface area (Å²) in [5.41, 5.74) is 3.92. The molecule has 5 aromatic rings. The normalized spacial score (nSPS) is 25.5. The van der Waals surface area contributed by atoms with Crippen LogP contribution in [0.2, 0.25) is 0 Å². The lowest BCUT2D eigenvalue weighted by Crippen LogP contribution is -2.58. The summed E-state index contributed by atoms with van der Waals surface area (Å²) in [6.07, 6.45) is 4.01. The van der Waals surface area contributed by atoms with Gasteiger partial charge in [0.15, 0.2) is 23.1 Å². The fraction of sp³-hybridized carbons (Fsp3) is 0.191. The van der Waals surface area contributed by atoms with E-state index in [1.54, 1.807) is 24.3 Å². The van der Waals surface area contributed by atoms with Gasteiger partial charge in [-0.25, -0.2) is 0 Å². The number of carbonyl (C=O) groups is 4. The molecule has 0 radical (unpaired) electrons. The minimum absolute atomic E-state index is 0.0962. The number of nitrogens with zero attached hydrogens (tertiary/aromatic N) is 1. The van der Waals surface area contributed by atoms with E-state index < -0.39 is 35.0 Å². The molecule has 9 heteroatoms. The van der Waals surface area contributed by atoms with Crippen LogP contribution in [0.15, 0.2) is 150 Å². The van der Waals surface area contributed by atoms with Gasteiger partial charge in [-0.05, 0) is 106 Å². The number of para-hydroxylation sites is 1. The number of nitrogens with one attached hydrogen (secondary N) is 1. The highest BCUT2D eigenvalue weighted by molar-refractivity contribution is 9.10. The zero-order valence-corrected chi connectivity index (χ0v) is 32.0. The Morgan fingerprint density at radius 2 is 1.43 bits per heavy atom. The molecule has 1 heterocycles. The monoisotopic (exact) mass is 804 g/mol. The molecule has 1 saturated carbocycles. The van der Waals surface area contributed by atoms with Crippen molar-refractivity contribution in [3.8, 4) is 11.5 Å². The molecular weight excluding hydrogens is 768 g/mol. The van der Waals surface area contributed by atoms with Crippen molar-refractivity contribution >= 4 is 61.9 Å². The second kappa shape index (κ2) is 13.9. The first-order valence-corrected chi connectivity index (χ1v) is 19.5. The molecule has 3 aliphatic carbocycles. The van der Waals surface area contributed by atoms with Crippen LogP contribution < -0.4 is 15.0 Å². The van der Waals surface area contributed by atoms with E-state index in [-0.39, 0.29) is 41.3 Å². The number of phenols is 1. The Kier molecular flexibility index (Phi) is 8.85. The minimum Gasteiger partial charge on any atom is -0.503 e. The molecule has 0 bridgehead atoms. The molecule has 8 nitrogen and oxygen atoms in total. The summed E-state index contributed by atoms with van der Waals surface area (Å²) < 4.78 is 5.99. The number of ketones is 2. The molecule has 5 aromatic carbocycles. The molecule has 1 saturated heterocycles. The molecule has 0 aromatic heterocycles. The van der Waals surface area contributed by atoms with E-state index >= 15 is 9.59 Å². The molecule has 278 valence electrons. The van der Waals surface area contributed by atoms with Gasteiger partial charge < -0.3 is 15.2 Å². The highest BCUT2D eigenvalue weighted by Gasteiger charge is 2.66. The van der Waals surface area contributed by atoms with Gasteiger partial charge in [0, 0.05) is 28.8 Å². The Hall–Kier alpha value is -6.06. The number of ether oxygens (including phenoxy) is 1. The molecule has 1 aliphatic heterocycles. The number of hydrogen-bond acceptors (Lipinski definition) is 7. The highest BCUT2D eigenvalue weighted by Crippen LogP contribution is 2.64. The van der Waals surface area contributed by atoms with Crippen molar-refractivity contribution in [1.29, 1.82) is 0 Å². The van der Waals surface area contributed by atoms with Crippen molar-refractivity contribution < 1.29 is 29.0 Å². The summed E-state index contributed by atoms with van der Waals surface area (Å²) in [7, 11) is 1.46. The summed E-state index contributed by atoms with van der Waals surface area (Å²) in [6.45, 7) is 0. The van der Waals surface area contributed by atoms with Gasteiger partial charge in [0.2, 0.25) is 11.8 Å². The number of benzene rings is 5. The Labute approximate surface area is 332 Å². The van der Waals surface area contributed by atoms with Gasteiger partial charge in [-0.15, -0.1) is 0 Å². The van der Waals surface area contributed by atoms with Gasteiger partial charge >= 0.3 is 0 Å². The van der Waals surface area contributed by atoms with Crippen LogP contribution in [0.4, 0.5) is 17.1 Å². The van der Waals surface area contributed by atoms with E-state index in [9.17, 15) is 14.7 Å². The zero-order valence-electron chi connectivity index (χ0n) is 30.4. The summed E-state index contributed by atoms with van der Waals surface area (Å²) in [5.74, 6) is -4.46. The maximum absolute atomic E-state index is 15.3. The molecule has 2 fully saturated rings. The van der Waals surface area contributed by atoms with Crippen LogP contribution in [0.5, 0.6) is 11.5 Å². The number of imide groups is 1. The summed E-state index contributed by atoms with van der Waals surface area (Å²) >= 11 is 3.52. The molecule has 2 amide bonds. The molecule has 56 heavy (non-hydrogen) atoms. The predicted molar refractivity (Wildman–Crippen MR) is 218 cm³/mol. The summed E-state index contributed by atoms with van der Waals surface area (Å²) in [5, 5.41) is 14.3. The standard InChI is InChI=1S/C47H37BrN2O6/c1-56-39-24-28(23-38(48)44(39)53)42-33-21-22-34-41(46(55)50(45(34)54)32-19-17-31(18-20-32)49-30-15-9-4-10-16-30)36(33)25-37-43(52)35(27-11-5-2-6-12-27)26-40(51)47(37,42)29-13-7-3-8-14-29/h2-21,23-24,26,34,36-37,41-42,49,53H,22,25H2,1H3. The third-order valence-electron chi connectivity index (χ3n) is 12.2. The van der Waals surface area contributed by atoms with E-state index in [0.717, 1.165) is 16.9 Å². The quantitative estimate of drug-likeness (QED) is 0.125. The SMILES string of the molecule is COc1cc(C2C3=CCC4C(=O)N(c5ccc(Nc6ccccc6)cc5)C(=O)C4C3CC3C(=O)C(c4ccccc4)=CC(=O)C32c2ccccc2)cc(Br)c1O. The first-order chi connectivity index (χ1) is 27.2. The number of methoxy groups -OCH3 is 1. The van der Waals surface area contributed by atoms with Crippen LogP contribution in [0.25, 0.3) is 5.57 Å². The molecular formula is C47H37BrN2O6. The van der Waals surface area contributed by atoms with E-state index in [2.05, 4.69) is 21.2 Å². The predicted octanol–water partition coefficient (Wildman–Crippen LogP) is 8.94. The van der Waals surface area contributed by atoms with Crippen LogP contribution in [-0.2, 0) is 24.6 Å². The van der Waals surface area contributed by atoms with E-state index in [1.807, 2.05) is 109 Å². The van der Waals surface area contributed by atoms with Crippen LogP contribution >= 0.6 is 15.9 Å². The molecule has 6 unspecified atom stereocenters. The molecule has 9 rings (SSSR count). The maximum Gasteiger partial charge on any atom is 0.238 e. The number of aromatic hydroxyl groups is 1. The fourth-order valence-corrected chi connectivity index (χ4v) is 10.3. The van der Waals surface area contributed by atoms with Crippen molar-refractivity contribution in [3.63, 3.8) is 0 Å². The number of halogens is 1. The second-order valence-corrected chi connectivity index (χ2v) is 15.7. The maximum atomic E-state index is 15.3. The topological polar surface area (TPSA) is 113 Å². The first kappa shape index (κ1) is 35.6. The van der Waals surface area contributed by atoms with Crippen LogP contribution in [0.3, 0.4) is 0 Å². The molecule has 4 aliphatic rings. The fourth-order valence-electron chi connectivity index (χ4n) is 9.80. The largest absolute Gasteiger partial charge is 0.503 e. The number of rotatable bonds is 7.